The van der Waals surface area contributed by atoms with Crippen molar-refractivity contribution in [3.05, 3.63) is 47.4 Å². The van der Waals surface area contributed by atoms with E-state index in [1.54, 1.807) is 39.0 Å². The number of halogens is 3. The van der Waals surface area contributed by atoms with E-state index in [2.05, 4.69) is 20.3 Å². The molecule has 0 saturated heterocycles. The molecule has 11 heteroatoms. The van der Waals surface area contributed by atoms with Crippen molar-refractivity contribution in [2.24, 2.45) is 5.73 Å². The van der Waals surface area contributed by atoms with Crippen molar-refractivity contribution in [1.82, 2.24) is 15.0 Å². The first-order valence-corrected chi connectivity index (χ1v) is 10.6. The van der Waals surface area contributed by atoms with E-state index in [-0.39, 0.29) is 5.88 Å². The summed E-state index contributed by atoms with van der Waals surface area (Å²) >= 11 is 0. The van der Waals surface area contributed by atoms with Crippen LogP contribution in [0.2, 0.25) is 0 Å². The number of carbonyl (C=O) groups is 1. The second-order valence-corrected chi connectivity index (χ2v) is 8.91. The maximum absolute atomic E-state index is 12.7. The molecule has 180 valence electrons. The molecule has 0 aromatic carbocycles. The zero-order valence-electron chi connectivity index (χ0n) is 19.1. The summed E-state index contributed by atoms with van der Waals surface area (Å²) in [5.41, 5.74) is 6.16. The highest BCUT2D eigenvalue weighted by atomic mass is 19.4. The summed E-state index contributed by atoms with van der Waals surface area (Å²) in [7, 11) is 0. The summed E-state index contributed by atoms with van der Waals surface area (Å²) < 4.78 is 48.4. The van der Waals surface area contributed by atoms with E-state index in [1.165, 1.54) is 12.4 Å². The number of alkyl halides is 3. The Morgan fingerprint density at radius 2 is 1.88 bits per heavy atom. The van der Waals surface area contributed by atoms with Gasteiger partial charge in [0, 0.05) is 17.9 Å². The molecule has 3 aromatic rings. The molecule has 34 heavy (non-hydrogen) atoms. The van der Waals surface area contributed by atoms with Crippen LogP contribution in [-0.2, 0) is 15.9 Å². The topological polar surface area (TPSA) is 112 Å². The van der Waals surface area contributed by atoms with Gasteiger partial charge in [0.15, 0.2) is 12.2 Å². The Labute approximate surface area is 193 Å². The first kappa shape index (κ1) is 23.7. The molecule has 0 radical (unpaired) electrons. The number of nitrogens with two attached hydrogens (primary N) is 1. The zero-order valence-corrected chi connectivity index (χ0v) is 19.1. The Morgan fingerprint density at radius 1 is 1.15 bits per heavy atom. The minimum absolute atomic E-state index is 0.190. The second kappa shape index (κ2) is 8.08. The highest BCUT2D eigenvalue weighted by molar-refractivity contribution is 5.94. The molecule has 4 heterocycles. The fourth-order valence-electron chi connectivity index (χ4n) is 3.73. The van der Waals surface area contributed by atoms with Crippen LogP contribution >= 0.6 is 0 Å². The van der Waals surface area contributed by atoms with Crippen molar-refractivity contribution in [2.75, 3.05) is 11.9 Å². The van der Waals surface area contributed by atoms with Crippen LogP contribution in [0.3, 0.4) is 0 Å². The number of cyclic esters (lactones) is 1. The van der Waals surface area contributed by atoms with Crippen LogP contribution < -0.4 is 15.8 Å². The Kier molecular flexibility index (Phi) is 5.63. The highest BCUT2D eigenvalue weighted by Crippen LogP contribution is 2.38. The number of aromatic nitrogens is 3. The number of hydrogen-bond donors (Lipinski definition) is 2. The smallest absolute Gasteiger partial charge is 0.422 e. The molecule has 3 N–H and O–H groups in total. The van der Waals surface area contributed by atoms with Gasteiger partial charge in [-0.25, -0.2) is 19.7 Å². The van der Waals surface area contributed by atoms with Crippen LogP contribution in [0.4, 0.5) is 24.8 Å². The number of rotatable bonds is 6. The van der Waals surface area contributed by atoms with Crippen LogP contribution in [0.5, 0.6) is 5.88 Å². The Balaban J connectivity index is 1.74. The van der Waals surface area contributed by atoms with Gasteiger partial charge < -0.3 is 20.5 Å². The van der Waals surface area contributed by atoms with Crippen LogP contribution in [0.1, 0.15) is 55.7 Å². The quantitative estimate of drug-likeness (QED) is 0.494. The average Bonchev–Trinajstić information content (AvgIpc) is 3.00. The molecule has 0 saturated carbocycles. The lowest BCUT2D eigenvalue weighted by Crippen LogP contribution is -2.29. The lowest BCUT2D eigenvalue weighted by molar-refractivity contribution is -0.153. The van der Waals surface area contributed by atoms with E-state index in [1.807, 2.05) is 6.92 Å². The Bertz CT molecular complexity index is 1270. The van der Waals surface area contributed by atoms with Crippen molar-refractivity contribution < 1.29 is 27.4 Å². The molecular weight excluding hydrogens is 451 g/mol. The molecule has 0 amide bonds. The van der Waals surface area contributed by atoms with Gasteiger partial charge in [-0.1, -0.05) is 6.92 Å². The number of fused-ring (bicyclic) bond motifs is 2. The fraction of sp³-hybridized carbons (Fsp3) is 0.391. The van der Waals surface area contributed by atoms with E-state index in [9.17, 15) is 18.0 Å². The number of esters is 1. The van der Waals surface area contributed by atoms with Crippen molar-refractivity contribution in [3.8, 4) is 5.88 Å². The molecule has 3 aromatic heterocycles. The monoisotopic (exact) mass is 475 g/mol. The van der Waals surface area contributed by atoms with Gasteiger partial charge in [-0.3, -0.25) is 0 Å². The lowest BCUT2D eigenvalue weighted by atomic mass is 9.93. The van der Waals surface area contributed by atoms with E-state index in [0.717, 1.165) is 0 Å². The summed E-state index contributed by atoms with van der Waals surface area (Å²) in [6, 6.07) is 4.92. The van der Waals surface area contributed by atoms with Gasteiger partial charge in [0.2, 0.25) is 5.88 Å². The number of nitrogens with one attached hydrogen (secondary N) is 1. The third-order valence-corrected chi connectivity index (χ3v) is 5.67. The predicted molar refractivity (Wildman–Crippen MR) is 119 cm³/mol. The van der Waals surface area contributed by atoms with Crippen molar-refractivity contribution in [1.29, 1.82) is 0 Å². The third kappa shape index (κ3) is 4.47. The van der Waals surface area contributed by atoms with Crippen LogP contribution in [0.15, 0.2) is 30.6 Å². The van der Waals surface area contributed by atoms with Gasteiger partial charge >= 0.3 is 12.1 Å². The minimum Gasteiger partial charge on any atom is -0.468 e. The fourth-order valence-corrected chi connectivity index (χ4v) is 3.73. The predicted octanol–water partition coefficient (Wildman–Crippen LogP) is 4.70. The maximum Gasteiger partial charge on any atom is 0.422 e. The van der Waals surface area contributed by atoms with Gasteiger partial charge in [-0.2, -0.15) is 13.2 Å². The van der Waals surface area contributed by atoms with E-state index >= 15 is 0 Å². The summed E-state index contributed by atoms with van der Waals surface area (Å²) in [6.07, 6.45) is -1.17. The third-order valence-electron chi connectivity index (χ3n) is 5.67. The molecule has 0 unspecified atom stereocenters. The van der Waals surface area contributed by atoms with Crippen LogP contribution in [-0.4, -0.2) is 33.7 Å². The second-order valence-electron chi connectivity index (χ2n) is 8.91. The molecule has 0 fully saturated rings. The molecule has 0 aliphatic carbocycles. The number of pyridine rings is 3. The van der Waals surface area contributed by atoms with Crippen LogP contribution in [0, 0.1) is 0 Å². The Morgan fingerprint density at radius 3 is 2.53 bits per heavy atom. The summed E-state index contributed by atoms with van der Waals surface area (Å²) in [5, 5.41) is 3.92. The SMILES string of the molecule is CC[C@@]1(C)OC(=O)c2ccc(Nc3cc4c(C(C)(C)N)cnc(OCC(F)(F)F)c4cn3)nc21. The maximum atomic E-state index is 12.7. The number of nitrogens with zero attached hydrogens (tertiary/aromatic N) is 3. The van der Waals surface area contributed by atoms with Gasteiger partial charge in [-0.15, -0.1) is 0 Å². The minimum atomic E-state index is -4.51. The van der Waals surface area contributed by atoms with Gasteiger partial charge in [-0.05, 0) is 56.3 Å². The number of hydrogen-bond acceptors (Lipinski definition) is 8. The van der Waals surface area contributed by atoms with Gasteiger partial charge in [0.25, 0.3) is 0 Å². The summed E-state index contributed by atoms with van der Waals surface area (Å²) in [5.74, 6) is 0.196. The first-order valence-electron chi connectivity index (χ1n) is 10.6. The number of ether oxygens (including phenoxy) is 2. The highest BCUT2D eigenvalue weighted by Gasteiger charge is 2.42. The zero-order chi connectivity index (χ0) is 24.9. The number of anilines is 2. The molecule has 0 bridgehead atoms. The molecule has 1 aliphatic rings. The molecular formula is C23H24F3N5O3. The lowest BCUT2D eigenvalue weighted by Gasteiger charge is -2.22. The van der Waals surface area contributed by atoms with Crippen LogP contribution in [0.25, 0.3) is 10.8 Å². The average molecular weight is 475 g/mol. The van der Waals surface area contributed by atoms with Gasteiger partial charge in [0.1, 0.15) is 17.3 Å². The Hall–Kier alpha value is -3.47. The van der Waals surface area contributed by atoms with E-state index < -0.39 is 29.9 Å². The van der Waals surface area contributed by atoms with Crippen molar-refractivity contribution in [2.45, 2.75) is 51.4 Å². The largest absolute Gasteiger partial charge is 0.468 e. The summed E-state index contributed by atoms with van der Waals surface area (Å²) in [4.78, 5) is 25.0. The molecule has 4 rings (SSSR count). The van der Waals surface area contributed by atoms with E-state index in [4.69, 9.17) is 15.2 Å². The standard InChI is InChI=1S/C23H24F3N5O3/c1-5-22(4)18-12(20(32)34-22)6-7-16(31-18)30-17-8-13-14(9-28-17)19(33-11-23(24,25)26)29-10-15(13)21(2,3)27/h6-10H,5,11,27H2,1-4H3,(H,28,30,31)/t22-/m1/s1. The molecule has 1 atom stereocenters. The molecule has 0 spiro atoms. The van der Waals surface area contributed by atoms with Crippen molar-refractivity contribution >= 4 is 28.4 Å². The summed E-state index contributed by atoms with van der Waals surface area (Å²) in [6.45, 7) is 5.75. The van der Waals surface area contributed by atoms with Crippen molar-refractivity contribution in [3.63, 3.8) is 0 Å². The van der Waals surface area contributed by atoms with E-state index in [0.29, 0.717) is 45.6 Å². The molecule has 1 aliphatic heterocycles. The molecule has 8 nitrogen and oxygen atoms in total. The first-order chi connectivity index (χ1) is 15.8. The van der Waals surface area contributed by atoms with Gasteiger partial charge in [0.05, 0.1) is 10.9 Å². The normalized spacial score (nSPS) is 18.1. The number of carbonyl (C=O) groups excluding carboxylic acids is 1.